The monoisotopic (exact) mass is 530 g/mol. The predicted molar refractivity (Wildman–Crippen MR) is 135 cm³/mol. The number of nitrogens with one attached hydrogen (secondary N) is 1. The van der Waals surface area contributed by atoms with E-state index in [0.717, 1.165) is 37.1 Å². The van der Waals surface area contributed by atoms with E-state index in [9.17, 15) is 0 Å². The summed E-state index contributed by atoms with van der Waals surface area (Å²) >= 11 is 0. The molecule has 0 bridgehead atoms. The number of aliphatic imine (C=N–C) groups is 1. The summed E-state index contributed by atoms with van der Waals surface area (Å²) in [6.07, 6.45) is 2.30. The Balaban J connectivity index is 0.00000272. The second-order valence-corrected chi connectivity index (χ2v) is 7.99. The number of hydrogen-bond acceptors (Lipinski definition) is 3. The van der Waals surface area contributed by atoms with Crippen LogP contribution in [0.2, 0.25) is 0 Å². The van der Waals surface area contributed by atoms with Gasteiger partial charge in [-0.05, 0) is 36.8 Å². The average molecular weight is 530 g/mol. The lowest BCUT2D eigenvalue weighted by atomic mass is 9.99. The number of likely N-dealkylation sites (tertiary alicyclic amines) is 1. The van der Waals surface area contributed by atoms with Crippen LogP contribution in [0, 0.1) is 12.8 Å². The van der Waals surface area contributed by atoms with Crippen LogP contribution in [0.1, 0.15) is 29.2 Å². The summed E-state index contributed by atoms with van der Waals surface area (Å²) in [5.74, 6) is 3.43. The molecule has 1 atom stereocenters. The minimum Gasteiger partial charge on any atom is -0.349 e. The summed E-state index contributed by atoms with van der Waals surface area (Å²) in [7, 11) is 2.00. The minimum atomic E-state index is 0. The maximum Gasteiger partial charge on any atom is 0.194 e. The number of nitrogens with zero attached hydrogens (tertiary/aromatic N) is 5. The van der Waals surface area contributed by atoms with E-state index in [0.29, 0.717) is 19.0 Å². The van der Waals surface area contributed by atoms with Gasteiger partial charge >= 0.3 is 0 Å². The second kappa shape index (κ2) is 11.3. The zero-order valence-corrected chi connectivity index (χ0v) is 20.6. The highest BCUT2D eigenvalue weighted by atomic mass is 127. The zero-order chi connectivity index (χ0) is 20.8. The molecule has 0 spiro atoms. The van der Waals surface area contributed by atoms with Gasteiger partial charge in [0.05, 0.1) is 13.1 Å². The Labute approximate surface area is 201 Å². The van der Waals surface area contributed by atoms with Crippen LogP contribution in [0.3, 0.4) is 0 Å². The predicted octanol–water partition coefficient (Wildman–Crippen LogP) is 3.95. The molecule has 4 rings (SSSR count). The van der Waals surface area contributed by atoms with E-state index in [1.165, 1.54) is 17.5 Å². The zero-order valence-electron chi connectivity index (χ0n) is 18.2. The van der Waals surface area contributed by atoms with Crippen LogP contribution in [-0.4, -0.2) is 38.7 Å². The molecule has 0 aliphatic carbocycles. The Bertz CT molecular complexity index is 970. The molecule has 0 radical (unpaired) electrons. The molecule has 1 unspecified atom stereocenters. The Kier molecular flexibility index (Phi) is 8.45. The van der Waals surface area contributed by atoms with Crippen LogP contribution in [0.5, 0.6) is 0 Å². The molecule has 0 amide bonds. The normalized spacial score (nSPS) is 16.3. The van der Waals surface area contributed by atoms with E-state index in [-0.39, 0.29) is 24.0 Å². The Hall–Kier alpha value is -2.42. The van der Waals surface area contributed by atoms with E-state index in [4.69, 9.17) is 4.99 Å². The summed E-state index contributed by atoms with van der Waals surface area (Å²) in [4.78, 5) is 7.33. The minimum absolute atomic E-state index is 0. The molecule has 1 aliphatic heterocycles. The standard InChI is InChI=1S/C24H30N6.HI/c1-19-27-28-23(29(19)2)17-26-24(25-16-21-11-7-4-8-12-21)30-14-13-22(18-30)15-20-9-5-3-6-10-20;/h3-12,22H,13-18H2,1-2H3,(H,25,26);1H. The van der Waals surface area contributed by atoms with Crippen molar-refractivity contribution in [1.82, 2.24) is 25.0 Å². The second-order valence-electron chi connectivity index (χ2n) is 7.99. The van der Waals surface area contributed by atoms with E-state index in [2.05, 4.69) is 75.0 Å². The maximum absolute atomic E-state index is 4.94. The third-order valence-electron chi connectivity index (χ3n) is 5.79. The molecule has 2 aromatic carbocycles. The average Bonchev–Trinajstić information content (AvgIpc) is 3.37. The number of guanidine groups is 1. The largest absolute Gasteiger partial charge is 0.349 e. The van der Waals surface area contributed by atoms with Crippen molar-refractivity contribution in [2.45, 2.75) is 32.9 Å². The molecule has 7 heteroatoms. The molecule has 31 heavy (non-hydrogen) atoms. The summed E-state index contributed by atoms with van der Waals surface area (Å²) in [6.45, 7) is 5.30. The lowest BCUT2D eigenvalue weighted by Gasteiger charge is -2.22. The van der Waals surface area contributed by atoms with E-state index < -0.39 is 0 Å². The first-order valence-corrected chi connectivity index (χ1v) is 10.6. The van der Waals surface area contributed by atoms with Gasteiger partial charge in [0, 0.05) is 20.1 Å². The molecule has 0 saturated carbocycles. The Morgan fingerprint density at radius 3 is 2.35 bits per heavy atom. The van der Waals surface area contributed by atoms with Crippen molar-refractivity contribution in [2.24, 2.45) is 18.0 Å². The van der Waals surface area contributed by atoms with Gasteiger partial charge in [-0.1, -0.05) is 60.7 Å². The molecule has 1 aromatic heterocycles. The van der Waals surface area contributed by atoms with Crippen LogP contribution >= 0.6 is 24.0 Å². The van der Waals surface area contributed by atoms with Crippen molar-refractivity contribution in [3.05, 3.63) is 83.4 Å². The number of aryl methyl sites for hydroxylation is 1. The molecule has 1 saturated heterocycles. The van der Waals surface area contributed by atoms with Gasteiger partial charge in [0.15, 0.2) is 11.8 Å². The number of hydrogen-bond donors (Lipinski definition) is 1. The lowest BCUT2D eigenvalue weighted by Crippen LogP contribution is -2.40. The first-order chi connectivity index (χ1) is 14.7. The fraction of sp³-hybridized carbons (Fsp3) is 0.375. The summed E-state index contributed by atoms with van der Waals surface area (Å²) < 4.78 is 2.02. The number of aromatic nitrogens is 3. The van der Waals surface area contributed by atoms with Crippen LogP contribution < -0.4 is 5.32 Å². The van der Waals surface area contributed by atoms with Crippen molar-refractivity contribution < 1.29 is 0 Å². The fourth-order valence-electron chi connectivity index (χ4n) is 3.92. The number of rotatable bonds is 6. The summed E-state index contributed by atoms with van der Waals surface area (Å²) in [6, 6.07) is 21.2. The molecule has 1 N–H and O–H groups in total. The van der Waals surface area contributed by atoms with Crippen LogP contribution in [0.4, 0.5) is 0 Å². The van der Waals surface area contributed by atoms with Crippen molar-refractivity contribution in [1.29, 1.82) is 0 Å². The first-order valence-electron chi connectivity index (χ1n) is 10.6. The molecule has 2 heterocycles. The third-order valence-corrected chi connectivity index (χ3v) is 5.79. The van der Waals surface area contributed by atoms with Crippen molar-refractivity contribution in [3.63, 3.8) is 0 Å². The topological polar surface area (TPSA) is 58.3 Å². The third kappa shape index (κ3) is 6.29. The summed E-state index contributed by atoms with van der Waals surface area (Å²) in [5.41, 5.74) is 2.63. The van der Waals surface area contributed by atoms with E-state index in [1.54, 1.807) is 0 Å². The highest BCUT2D eigenvalue weighted by Crippen LogP contribution is 2.21. The highest BCUT2D eigenvalue weighted by molar-refractivity contribution is 14.0. The van der Waals surface area contributed by atoms with Gasteiger partial charge < -0.3 is 14.8 Å². The van der Waals surface area contributed by atoms with Gasteiger partial charge in [0.25, 0.3) is 0 Å². The van der Waals surface area contributed by atoms with Crippen molar-refractivity contribution in [2.75, 3.05) is 13.1 Å². The molecule has 164 valence electrons. The summed E-state index contributed by atoms with van der Waals surface area (Å²) in [5, 5.41) is 12.0. The van der Waals surface area contributed by atoms with Crippen LogP contribution in [0.15, 0.2) is 65.7 Å². The molecule has 1 aliphatic rings. The van der Waals surface area contributed by atoms with E-state index >= 15 is 0 Å². The Morgan fingerprint density at radius 1 is 1.03 bits per heavy atom. The highest BCUT2D eigenvalue weighted by Gasteiger charge is 2.25. The van der Waals surface area contributed by atoms with Gasteiger partial charge in [-0.2, -0.15) is 0 Å². The SMILES string of the molecule is Cc1nnc(CNC(=NCc2ccccc2)N2CCC(Cc3ccccc3)C2)n1C.I. The van der Waals surface area contributed by atoms with Crippen LogP contribution in [0.25, 0.3) is 0 Å². The van der Waals surface area contributed by atoms with Crippen molar-refractivity contribution in [3.8, 4) is 0 Å². The van der Waals surface area contributed by atoms with Crippen molar-refractivity contribution >= 4 is 29.9 Å². The first kappa shape index (κ1) is 23.2. The van der Waals surface area contributed by atoms with Gasteiger partial charge in [0.1, 0.15) is 5.82 Å². The van der Waals surface area contributed by atoms with Crippen LogP contribution in [-0.2, 0) is 26.6 Å². The lowest BCUT2D eigenvalue weighted by molar-refractivity contribution is 0.456. The molecule has 3 aromatic rings. The number of benzene rings is 2. The maximum atomic E-state index is 4.94. The number of halogens is 1. The Morgan fingerprint density at radius 2 is 1.71 bits per heavy atom. The molecule has 6 nitrogen and oxygen atoms in total. The molecular formula is C24H31IN6. The quantitative estimate of drug-likeness (QED) is 0.298. The van der Waals surface area contributed by atoms with Gasteiger partial charge in [-0.3, -0.25) is 0 Å². The molecule has 1 fully saturated rings. The molecular weight excluding hydrogens is 499 g/mol. The smallest absolute Gasteiger partial charge is 0.194 e. The van der Waals surface area contributed by atoms with Gasteiger partial charge in [-0.15, -0.1) is 34.2 Å². The fourth-order valence-corrected chi connectivity index (χ4v) is 3.92. The van der Waals surface area contributed by atoms with Gasteiger partial charge in [0.2, 0.25) is 0 Å². The van der Waals surface area contributed by atoms with Gasteiger partial charge in [-0.25, -0.2) is 4.99 Å². The van der Waals surface area contributed by atoms with E-state index in [1.807, 2.05) is 24.6 Å².